The molecule has 0 saturated carbocycles. The van der Waals surface area contributed by atoms with Crippen molar-refractivity contribution >= 4 is 17.7 Å². The molecule has 0 aliphatic rings. The van der Waals surface area contributed by atoms with Crippen molar-refractivity contribution < 1.29 is 37.7 Å². The minimum absolute atomic E-state index is 0.185. The van der Waals surface area contributed by atoms with Crippen LogP contribution in [0.2, 0.25) is 0 Å². The van der Waals surface area contributed by atoms with E-state index in [1.165, 1.54) is 41.3 Å². The number of aliphatic carboxylic acids is 1. The molecule has 1 unspecified atom stereocenters. The topological polar surface area (TPSA) is 97.3 Å². The predicted octanol–water partition coefficient (Wildman–Crippen LogP) is 5.13. The molecule has 3 rings (SSSR count). The van der Waals surface area contributed by atoms with Gasteiger partial charge in [0.1, 0.15) is 24.0 Å². The Balaban J connectivity index is 1.53. The molecule has 3 aromatic rings. The number of hydrogen-bond acceptors (Lipinski definition) is 5. The van der Waals surface area contributed by atoms with Crippen LogP contribution in [-0.2, 0) is 27.3 Å². The van der Waals surface area contributed by atoms with Crippen molar-refractivity contribution in [2.75, 3.05) is 38.2 Å². The summed E-state index contributed by atoms with van der Waals surface area (Å²) in [6, 6.07) is 18.0. The minimum Gasteiger partial charge on any atom is -0.492 e. The van der Waals surface area contributed by atoms with Crippen molar-refractivity contribution in [3.05, 3.63) is 95.6 Å². The zero-order valence-corrected chi connectivity index (χ0v) is 21.6. The normalized spacial score (nSPS) is 11.6. The molecule has 208 valence electrons. The van der Waals surface area contributed by atoms with Gasteiger partial charge in [0.15, 0.2) is 6.10 Å². The van der Waals surface area contributed by atoms with Crippen molar-refractivity contribution in [2.45, 2.75) is 26.1 Å². The summed E-state index contributed by atoms with van der Waals surface area (Å²) in [5, 5.41) is 12.0. The fraction of sp³-hybridized carbons (Fsp3) is 0.310. The van der Waals surface area contributed by atoms with E-state index < -0.39 is 23.9 Å². The minimum atomic E-state index is -1.02. The number of hydrogen-bond donors (Lipinski definition) is 2. The van der Waals surface area contributed by atoms with Gasteiger partial charge in [0.2, 0.25) is 0 Å². The third-order valence-electron chi connectivity index (χ3n) is 5.69. The number of urea groups is 1. The Kier molecular flexibility index (Phi) is 11.7. The van der Waals surface area contributed by atoms with Gasteiger partial charge in [-0.2, -0.15) is 0 Å². The number of anilines is 1. The van der Waals surface area contributed by atoms with Gasteiger partial charge in [-0.1, -0.05) is 24.3 Å². The van der Waals surface area contributed by atoms with Crippen LogP contribution >= 0.6 is 0 Å². The van der Waals surface area contributed by atoms with Gasteiger partial charge in [0, 0.05) is 25.3 Å². The molecule has 1 atom stereocenters. The Labute approximate surface area is 226 Å². The summed E-state index contributed by atoms with van der Waals surface area (Å²) in [7, 11) is 0. The van der Waals surface area contributed by atoms with Gasteiger partial charge in [-0.3, -0.25) is 0 Å². The van der Waals surface area contributed by atoms with Crippen molar-refractivity contribution in [3.8, 4) is 5.75 Å². The fourth-order valence-electron chi connectivity index (χ4n) is 3.62. The van der Waals surface area contributed by atoms with Crippen molar-refractivity contribution in [1.82, 2.24) is 4.90 Å². The van der Waals surface area contributed by atoms with Crippen molar-refractivity contribution in [2.24, 2.45) is 0 Å². The number of carboxylic acid groups (broad SMARTS) is 1. The van der Waals surface area contributed by atoms with Crippen LogP contribution in [0.3, 0.4) is 0 Å². The molecule has 0 aliphatic carbocycles. The van der Waals surface area contributed by atoms with Crippen LogP contribution in [0, 0.1) is 11.6 Å². The number of rotatable bonds is 15. The number of benzene rings is 3. The number of amides is 2. The lowest BCUT2D eigenvalue weighted by molar-refractivity contribution is -0.149. The van der Waals surface area contributed by atoms with Crippen LogP contribution in [0.15, 0.2) is 72.8 Å². The van der Waals surface area contributed by atoms with Crippen molar-refractivity contribution in [1.29, 1.82) is 0 Å². The fourth-order valence-corrected chi connectivity index (χ4v) is 3.62. The predicted molar refractivity (Wildman–Crippen MR) is 142 cm³/mol. The Morgan fingerprint density at radius 3 is 2.08 bits per heavy atom. The highest BCUT2D eigenvalue weighted by molar-refractivity contribution is 5.89. The Morgan fingerprint density at radius 2 is 1.46 bits per heavy atom. The maximum atomic E-state index is 13.2. The van der Waals surface area contributed by atoms with Crippen LogP contribution in [0.5, 0.6) is 5.75 Å². The maximum Gasteiger partial charge on any atom is 0.333 e. The summed E-state index contributed by atoms with van der Waals surface area (Å²) in [5.74, 6) is -1.19. The van der Waals surface area contributed by atoms with E-state index in [4.69, 9.17) is 14.2 Å². The lowest BCUT2D eigenvalue weighted by Crippen LogP contribution is -2.40. The van der Waals surface area contributed by atoms with Crippen LogP contribution in [0.25, 0.3) is 0 Å². The molecule has 0 fully saturated rings. The third-order valence-corrected chi connectivity index (χ3v) is 5.69. The van der Waals surface area contributed by atoms with Crippen LogP contribution in [-0.4, -0.2) is 61.0 Å². The SMILES string of the molecule is CCOC(Cc1ccc(OCCN(CCOCc2ccc(F)cc2)C(=O)Nc2ccc(F)cc2)cc1)C(=O)O. The number of halogens is 2. The first-order valence-corrected chi connectivity index (χ1v) is 12.5. The molecule has 8 nitrogen and oxygen atoms in total. The highest BCUT2D eigenvalue weighted by atomic mass is 19.1. The Morgan fingerprint density at radius 1 is 0.872 bits per heavy atom. The average molecular weight is 543 g/mol. The number of carbonyl (C=O) groups excluding carboxylic acids is 1. The summed E-state index contributed by atoms with van der Waals surface area (Å²) >= 11 is 0. The maximum absolute atomic E-state index is 13.2. The highest BCUT2D eigenvalue weighted by Crippen LogP contribution is 2.15. The van der Waals surface area contributed by atoms with E-state index in [1.54, 1.807) is 43.3 Å². The zero-order valence-electron chi connectivity index (χ0n) is 21.6. The largest absolute Gasteiger partial charge is 0.492 e. The molecule has 3 aromatic carbocycles. The number of nitrogens with one attached hydrogen (secondary N) is 1. The molecule has 10 heteroatoms. The standard InChI is InChI=1S/C29H32F2N2O6/c1-2-38-27(28(34)35)19-21-5-13-26(14-6-21)39-18-16-33(29(36)32-25-11-9-24(31)10-12-25)15-17-37-20-22-3-7-23(30)8-4-22/h3-14,27H,2,15-20H2,1H3,(H,32,36)(H,34,35). The van der Waals surface area contributed by atoms with E-state index in [0.29, 0.717) is 18.0 Å². The van der Waals surface area contributed by atoms with E-state index >= 15 is 0 Å². The van der Waals surface area contributed by atoms with Gasteiger partial charge in [0.25, 0.3) is 0 Å². The monoisotopic (exact) mass is 542 g/mol. The van der Waals surface area contributed by atoms with Crippen molar-refractivity contribution in [3.63, 3.8) is 0 Å². The number of carboxylic acids is 1. The van der Waals surface area contributed by atoms with Crippen LogP contribution in [0.1, 0.15) is 18.1 Å². The molecule has 39 heavy (non-hydrogen) atoms. The first-order valence-electron chi connectivity index (χ1n) is 12.5. The zero-order chi connectivity index (χ0) is 28.0. The molecule has 0 bridgehead atoms. The summed E-state index contributed by atoms with van der Waals surface area (Å²) in [5.41, 5.74) is 2.05. The summed E-state index contributed by atoms with van der Waals surface area (Å²) in [4.78, 5) is 25.7. The Bertz CT molecular complexity index is 1170. The van der Waals surface area contributed by atoms with E-state index in [-0.39, 0.29) is 45.1 Å². The highest BCUT2D eigenvalue weighted by Gasteiger charge is 2.18. The number of carbonyl (C=O) groups is 2. The smallest absolute Gasteiger partial charge is 0.333 e. The van der Waals surface area contributed by atoms with E-state index in [2.05, 4.69) is 5.32 Å². The summed E-state index contributed by atoms with van der Waals surface area (Å²) < 4.78 is 43.0. The molecular formula is C29H32F2N2O6. The van der Waals surface area contributed by atoms with Gasteiger partial charge in [-0.15, -0.1) is 0 Å². The molecular weight excluding hydrogens is 510 g/mol. The van der Waals surface area contributed by atoms with Gasteiger partial charge in [-0.25, -0.2) is 18.4 Å². The molecule has 2 amide bonds. The molecule has 0 radical (unpaired) electrons. The first kappa shape index (κ1) is 29.5. The second-order valence-electron chi connectivity index (χ2n) is 8.58. The second-order valence-corrected chi connectivity index (χ2v) is 8.58. The molecule has 0 saturated heterocycles. The third kappa shape index (κ3) is 10.3. The van der Waals surface area contributed by atoms with Gasteiger partial charge in [-0.05, 0) is 66.6 Å². The Hall–Kier alpha value is -4.02. The van der Waals surface area contributed by atoms with Gasteiger partial charge >= 0.3 is 12.0 Å². The van der Waals surface area contributed by atoms with E-state index in [0.717, 1.165) is 11.1 Å². The van der Waals surface area contributed by atoms with Crippen LogP contribution in [0.4, 0.5) is 19.3 Å². The molecule has 0 aliphatic heterocycles. The number of ether oxygens (including phenoxy) is 3. The summed E-state index contributed by atoms with van der Waals surface area (Å²) in [6.07, 6.45) is -0.682. The average Bonchev–Trinajstić information content (AvgIpc) is 2.92. The molecule has 2 N–H and O–H groups in total. The quantitative estimate of drug-likeness (QED) is 0.259. The molecule has 0 heterocycles. The van der Waals surface area contributed by atoms with Crippen LogP contribution < -0.4 is 10.1 Å². The molecule has 0 spiro atoms. The first-order chi connectivity index (χ1) is 18.8. The lowest BCUT2D eigenvalue weighted by atomic mass is 10.1. The lowest BCUT2D eigenvalue weighted by Gasteiger charge is -2.23. The number of nitrogens with zero attached hydrogens (tertiary/aromatic N) is 1. The van der Waals surface area contributed by atoms with Gasteiger partial charge in [0.05, 0.1) is 19.8 Å². The van der Waals surface area contributed by atoms with E-state index in [9.17, 15) is 23.5 Å². The molecule has 0 aromatic heterocycles. The second kappa shape index (κ2) is 15.4. The summed E-state index contributed by atoms with van der Waals surface area (Å²) in [6.45, 7) is 3.22. The van der Waals surface area contributed by atoms with Gasteiger partial charge < -0.3 is 29.5 Å². The van der Waals surface area contributed by atoms with E-state index in [1.807, 2.05) is 0 Å².